The predicted molar refractivity (Wildman–Crippen MR) is 100 cm³/mol. The summed E-state index contributed by atoms with van der Waals surface area (Å²) in [5.41, 5.74) is 2.34. The maximum Gasteiger partial charge on any atom is 0.257 e. The Morgan fingerprint density at radius 3 is 2.64 bits per heavy atom. The topological polar surface area (TPSA) is 54.5 Å². The van der Waals surface area contributed by atoms with Crippen molar-refractivity contribution in [2.24, 2.45) is 5.92 Å². The molecule has 5 heteroatoms. The first kappa shape index (κ1) is 17.3. The molecule has 25 heavy (non-hydrogen) atoms. The molecule has 1 aliphatic rings. The normalized spacial score (nSPS) is 15.0. The molecule has 0 unspecified atom stereocenters. The van der Waals surface area contributed by atoms with E-state index >= 15 is 0 Å². The Morgan fingerprint density at radius 2 is 1.96 bits per heavy atom. The zero-order valence-corrected chi connectivity index (χ0v) is 14.9. The first-order valence-electron chi connectivity index (χ1n) is 8.90. The molecule has 1 amide bonds. The highest BCUT2D eigenvalue weighted by Crippen LogP contribution is 2.23. The third-order valence-electron chi connectivity index (χ3n) is 4.56. The summed E-state index contributed by atoms with van der Waals surface area (Å²) in [7, 11) is 0. The van der Waals surface area contributed by atoms with Crippen LogP contribution in [0.15, 0.2) is 42.7 Å². The predicted octanol–water partition coefficient (Wildman–Crippen LogP) is 3.97. The molecule has 2 aromatic rings. The molecule has 1 fully saturated rings. The van der Waals surface area contributed by atoms with Crippen LogP contribution in [0.4, 0.5) is 11.4 Å². The zero-order chi connectivity index (χ0) is 17.6. The van der Waals surface area contributed by atoms with Gasteiger partial charge in [0.25, 0.3) is 5.91 Å². The monoisotopic (exact) mass is 339 g/mol. The molecule has 0 atom stereocenters. The number of aromatic nitrogens is 1. The third kappa shape index (κ3) is 4.50. The third-order valence-corrected chi connectivity index (χ3v) is 4.56. The van der Waals surface area contributed by atoms with E-state index in [1.54, 1.807) is 6.20 Å². The minimum atomic E-state index is -0.149. The van der Waals surface area contributed by atoms with Gasteiger partial charge >= 0.3 is 0 Å². The summed E-state index contributed by atoms with van der Waals surface area (Å²) in [5, 5.41) is 2.91. The van der Waals surface area contributed by atoms with Gasteiger partial charge in [0.2, 0.25) is 0 Å². The van der Waals surface area contributed by atoms with Gasteiger partial charge in [-0.2, -0.15) is 0 Å². The van der Waals surface area contributed by atoms with Gasteiger partial charge in [0, 0.05) is 25.0 Å². The van der Waals surface area contributed by atoms with Gasteiger partial charge in [-0.25, -0.2) is 0 Å². The Labute approximate surface area is 149 Å². The number of pyridine rings is 1. The molecule has 1 N–H and O–H groups in total. The zero-order valence-electron chi connectivity index (χ0n) is 14.9. The molecule has 0 spiro atoms. The number of piperidine rings is 1. The molecule has 1 aromatic carbocycles. The number of rotatable bonds is 5. The number of benzene rings is 1. The van der Waals surface area contributed by atoms with E-state index in [0.717, 1.165) is 36.1 Å². The van der Waals surface area contributed by atoms with Crippen molar-refractivity contribution in [3.8, 4) is 5.75 Å². The average Bonchev–Trinajstić information content (AvgIpc) is 2.64. The van der Waals surface area contributed by atoms with Crippen molar-refractivity contribution in [3.05, 3.63) is 48.3 Å². The second-order valence-electron chi connectivity index (χ2n) is 6.51. The quantitative estimate of drug-likeness (QED) is 0.895. The molecule has 1 saturated heterocycles. The van der Waals surface area contributed by atoms with Crippen LogP contribution in [0.5, 0.6) is 5.75 Å². The Morgan fingerprint density at radius 1 is 1.24 bits per heavy atom. The van der Waals surface area contributed by atoms with Gasteiger partial charge in [-0.05, 0) is 56.0 Å². The number of amides is 1. The van der Waals surface area contributed by atoms with E-state index in [-0.39, 0.29) is 5.91 Å². The number of ether oxygens (including phenoxy) is 1. The van der Waals surface area contributed by atoms with Crippen LogP contribution in [0.3, 0.4) is 0 Å². The fraction of sp³-hybridized carbons (Fsp3) is 0.400. The van der Waals surface area contributed by atoms with Crippen molar-refractivity contribution in [2.75, 3.05) is 29.9 Å². The molecular weight excluding hydrogens is 314 g/mol. The van der Waals surface area contributed by atoms with Crippen LogP contribution in [0.2, 0.25) is 0 Å². The lowest BCUT2D eigenvalue weighted by atomic mass is 9.99. The van der Waals surface area contributed by atoms with Crippen LogP contribution >= 0.6 is 0 Å². The molecule has 0 bridgehead atoms. The lowest BCUT2D eigenvalue weighted by Crippen LogP contribution is -2.33. The molecular formula is C20H25N3O2. The maximum atomic E-state index is 12.5. The molecule has 132 valence electrons. The van der Waals surface area contributed by atoms with E-state index in [9.17, 15) is 4.79 Å². The lowest BCUT2D eigenvalue weighted by Gasteiger charge is -2.32. The SMILES string of the molecule is CCOc1ccc(NC(=O)c2cncc(N3CCC(C)CC3)c2)cc1. The van der Waals surface area contributed by atoms with Gasteiger partial charge in [-0.1, -0.05) is 6.92 Å². The van der Waals surface area contributed by atoms with Crippen molar-refractivity contribution in [2.45, 2.75) is 26.7 Å². The summed E-state index contributed by atoms with van der Waals surface area (Å²) in [6.45, 7) is 6.90. The Kier molecular flexibility index (Phi) is 5.53. The summed E-state index contributed by atoms with van der Waals surface area (Å²) >= 11 is 0. The van der Waals surface area contributed by atoms with Crippen LogP contribution < -0.4 is 15.0 Å². The molecule has 0 radical (unpaired) electrons. The van der Waals surface area contributed by atoms with Gasteiger partial charge in [-0.15, -0.1) is 0 Å². The van der Waals surface area contributed by atoms with Gasteiger partial charge in [0.1, 0.15) is 5.75 Å². The summed E-state index contributed by atoms with van der Waals surface area (Å²) in [6, 6.07) is 9.30. The lowest BCUT2D eigenvalue weighted by molar-refractivity contribution is 0.102. The number of hydrogen-bond donors (Lipinski definition) is 1. The van der Waals surface area contributed by atoms with Crippen LogP contribution in [-0.2, 0) is 0 Å². The van der Waals surface area contributed by atoms with E-state index in [2.05, 4.69) is 22.1 Å². The highest BCUT2D eigenvalue weighted by atomic mass is 16.5. The van der Waals surface area contributed by atoms with Crippen molar-refractivity contribution in [1.82, 2.24) is 4.98 Å². The van der Waals surface area contributed by atoms with E-state index in [1.165, 1.54) is 12.8 Å². The minimum absolute atomic E-state index is 0.149. The van der Waals surface area contributed by atoms with E-state index in [4.69, 9.17) is 4.74 Å². The molecule has 0 aliphatic carbocycles. The van der Waals surface area contributed by atoms with Gasteiger partial charge in [-0.3, -0.25) is 9.78 Å². The second-order valence-corrected chi connectivity index (χ2v) is 6.51. The van der Waals surface area contributed by atoms with E-state index in [1.807, 2.05) is 43.5 Å². The largest absolute Gasteiger partial charge is 0.494 e. The highest BCUT2D eigenvalue weighted by molar-refractivity contribution is 6.04. The summed E-state index contributed by atoms with van der Waals surface area (Å²) in [4.78, 5) is 19.1. The maximum absolute atomic E-state index is 12.5. The van der Waals surface area contributed by atoms with Crippen LogP contribution in [0.1, 0.15) is 37.0 Å². The number of carbonyl (C=O) groups is 1. The Hall–Kier alpha value is -2.56. The number of anilines is 2. The number of carbonyl (C=O) groups excluding carboxylic acids is 1. The van der Waals surface area contributed by atoms with E-state index in [0.29, 0.717) is 12.2 Å². The first-order valence-corrected chi connectivity index (χ1v) is 8.90. The van der Waals surface area contributed by atoms with Gasteiger partial charge < -0.3 is 15.0 Å². The van der Waals surface area contributed by atoms with Crippen LogP contribution in [-0.4, -0.2) is 30.6 Å². The van der Waals surface area contributed by atoms with E-state index < -0.39 is 0 Å². The van der Waals surface area contributed by atoms with Crippen LogP contribution in [0, 0.1) is 5.92 Å². The van der Waals surface area contributed by atoms with Crippen LogP contribution in [0.25, 0.3) is 0 Å². The Balaban J connectivity index is 1.66. The summed E-state index contributed by atoms with van der Waals surface area (Å²) in [5.74, 6) is 1.42. The minimum Gasteiger partial charge on any atom is -0.494 e. The first-order chi connectivity index (χ1) is 12.2. The molecule has 5 nitrogen and oxygen atoms in total. The molecule has 1 aliphatic heterocycles. The van der Waals surface area contributed by atoms with Crippen molar-refractivity contribution >= 4 is 17.3 Å². The fourth-order valence-corrected chi connectivity index (χ4v) is 3.00. The number of hydrogen-bond acceptors (Lipinski definition) is 4. The molecule has 2 heterocycles. The fourth-order valence-electron chi connectivity index (χ4n) is 3.00. The Bertz CT molecular complexity index is 707. The van der Waals surface area contributed by atoms with Gasteiger partial charge in [0.05, 0.1) is 24.1 Å². The second kappa shape index (κ2) is 8.01. The number of nitrogens with zero attached hydrogens (tertiary/aromatic N) is 2. The summed E-state index contributed by atoms with van der Waals surface area (Å²) < 4.78 is 5.41. The van der Waals surface area contributed by atoms with Gasteiger partial charge in [0.15, 0.2) is 0 Å². The number of nitrogens with one attached hydrogen (secondary N) is 1. The van der Waals surface area contributed by atoms with Crippen molar-refractivity contribution in [3.63, 3.8) is 0 Å². The van der Waals surface area contributed by atoms with Crippen molar-refractivity contribution < 1.29 is 9.53 Å². The summed E-state index contributed by atoms with van der Waals surface area (Å²) in [6.07, 6.45) is 5.81. The molecule has 1 aromatic heterocycles. The molecule has 0 saturated carbocycles. The average molecular weight is 339 g/mol. The smallest absolute Gasteiger partial charge is 0.257 e. The standard InChI is InChI=1S/C20H25N3O2/c1-3-25-19-6-4-17(5-7-19)22-20(24)16-12-18(14-21-13-16)23-10-8-15(2)9-11-23/h4-7,12-15H,3,8-11H2,1-2H3,(H,22,24). The highest BCUT2D eigenvalue weighted by Gasteiger charge is 2.17. The van der Waals surface area contributed by atoms with Crippen molar-refractivity contribution in [1.29, 1.82) is 0 Å². The molecule has 3 rings (SSSR count).